The Bertz CT molecular complexity index is 425. The first kappa shape index (κ1) is 8.10. The maximum atomic E-state index is 4.08. The third-order valence-electron chi connectivity index (χ3n) is 1.83. The summed E-state index contributed by atoms with van der Waals surface area (Å²) >= 11 is 0. The number of fused-ring (bicyclic) bond motifs is 1. The van der Waals surface area contributed by atoms with Gasteiger partial charge in [0, 0.05) is 5.41 Å². The third-order valence-corrected chi connectivity index (χ3v) is 1.83. The summed E-state index contributed by atoms with van der Waals surface area (Å²) in [6.07, 6.45) is 1.65. The maximum absolute atomic E-state index is 4.08. The van der Waals surface area contributed by atoms with E-state index in [4.69, 9.17) is 0 Å². The lowest BCUT2D eigenvalue weighted by atomic mass is 9.92. The molecule has 0 aliphatic heterocycles. The van der Waals surface area contributed by atoms with Gasteiger partial charge >= 0.3 is 0 Å². The molecule has 0 fully saturated rings. The van der Waals surface area contributed by atoms with Gasteiger partial charge in [0.05, 0.1) is 11.9 Å². The van der Waals surface area contributed by atoms with Gasteiger partial charge in [-0.25, -0.2) is 0 Å². The van der Waals surface area contributed by atoms with Gasteiger partial charge in [-0.3, -0.25) is 0 Å². The van der Waals surface area contributed by atoms with Gasteiger partial charge in [-0.15, -0.1) is 14.8 Å². The molecule has 2 aromatic heterocycles. The van der Waals surface area contributed by atoms with E-state index in [1.165, 1.54) is 4.63 Å². The Morgan fingerprint density at radius 3 is 2.69 bits per heavy atom. The van der Waals surface area contributed by atoms with Crippen LogP contribution in [0.5, 0.6) is 0 Å². The van der Waals surface area contributed by atoms with Gasteiger partial charge in [0.15, 0.2) is 0 Å². The molecule has 68 valence electrons. The summed E-state index contributed by atoms with van der Waals surface area (Å²) in [4.78, 5) is 0. The molecule has 0 saturated carbocycles. The Balaban J connectivity index is 2.72. The van der Waals surface area contributed by atoms with Gasteiger partial charge in [0.25, 0.3) is 0 Å². The minimum absolute atomic E-state index is 0.00914. The Morgan fingerprint density at radius 1 is 1.23 bits per heavy atom. The van der Waals surface area contributed by atoms with Crippen LogP contribution in [0.2, 0.25) is 0 Å². The van der Waals surface area contributed by atoms with Crippen LogP contribution in [0.4, 0.5) is 0 Å². The van der Waals surface area contributed by atoms with E-state index in [2.05, 4.69) is 41.4 Å². The monoisotopic (exact) mass is 177 g/mol. The average Bonchev–Trinajstić information content (AvgIpc) is 2.45. The van der Waals surface area contributed by atoms with E-state index >= 15 is 0 Å². The average molecular weight is 177 g/mol. The van der Waals surface area contributed by atoms with Crippen LogP contribution in [0.15, 0.2) is 12.3 Å². The zero-order valence-electron chi connectivity index (χ0n) is 7.89. The quantitative estimate of drug-likeness (QED) is 0.597. The van der Waals surface area contributed by atoms with E-state index in [1.807, 2.05) is 6.07 Å². The highest BCUT2D eigenvalue weighted by molar-refractivity contribution is 5.51. The van der Waals surface area contributed by atoms with Crippen LogP contribution in [-0.4, -0.2) is 25.3 Å². The van der Waals surface area contributed by atoms with Gasteiger partial charge in [-0.1, -0.05) is 20.8 Å². The van der Waals surface area contributed by atoms with Crippen molar-refractivity contribution in [3.63, 3.8) is 0 Å². The highest BCUT2D eigenvalue weighted by atomic mass is 15.6. The number of nitrogens with zero attached hydrogens (tertiary/aromatic N) is 5. The van der Waals surface area contributed by atoms with Crippen molar-refractivity contribution in [3.8, 4) is 0 Å². The predicted molar refractivity (Wildman–Crippen MR) is 47.3 cm³/mol. The summed E-state index contributed by atoms with van der Waals surface area (Å²) in [5.41, 5.74) is 1.86. The van der Waals surface area contributed by atoms with Crippen molar-refractivity contribution < 1.29 is 0 Å². The van der Waals surface area contributed by atoms with Crippen molar-refractivity contribution in [2.45, 2.75) is 26.2 Å². The fourth-order valence-corrected chi connectivity index (χ4v) is 1.21. The zero-order chi connectivity index (χ0) is 9.47. The van der Waals surface area contributed by atoms with Crippen molar-refractivity contribution >= 4 is 5.52 Å². The van der Waals surface area contributed by atoms with E-state index < -0.39 is 0 Å². The molecule has 13 heavy (non-hydrogen) atoms. The van der Waals surface area contributed by atoms with Crippen LogP contribution in [-0.2, 0) is 5.41 Å². The fourth-order valence-electron chi connectivity index (χ4n) is 1.21. The van der Waals surface area contributed by atoms with Gasteiger partial charge in [0.1, 0.15) is 5.52 Å². The summed E-state index contributed by atoms with van der Waals surface area (Å²) in [6.45, 7) is 6.28. The molecule has 0 spiro atoms. The topological polar surface area (TPSA) is 56.0 Å². The smallest absolute Gasteiger partial charge is 0.115 e. The van der Waals surface area contributed by atoms with Gasteiger partial charge in [-0.2, -0.15) is 0 Å². The maximum Gasteiger partial charge on any atom is 0.115 e. The van der Waals surface area contributed by atoms with Crippen LogP contribution in [0.3, 0.4) is 0 Å². The Hall–Kier alpha value is -1.52. The SMILES string of the molecule is CC(C)(C)c1nnn2nnccc12. The summed E-state index contributed by atoms with van der Waals surface area (Å²) < 4.78 is 1.45. The molecule has 0 N–H and O–H groups in total. The number of rotatable bonds is 0. The van der Waals surface area contributed by atoms with Crippen LogP contribution < -0.4 is 0 Å². The molecule has 2 rings (SSSR count). The molecule has 0 unspecified atom stereocenters. The molecule has 5 nitrogen and oxygen atoms in total. The van der Waals surface area contributed by atoms with Crippen molar-refractivity contribution in [1.29, 1.82) is 0 Å². The van der Waals surface area contributed by atoms with Crippen molar-refractivity contribution in [2.75, 3.05) is 0 Å². The predicted octanol–water partition coefficient (Wildman–Crippen LogP) is 0.817. The van der Waals surface area contributed by atoms with Gasteiger partial charge in [0.2, 0.25) is 0 Å². The first-order valence-corrected chi connectivity index (χ1v) is 4.13. The van der Waals surface area contributed by atoms with Crippen LogP contribution in [0.1, 0.15) is 26.5 Å². The van der Waals surface area contributed by atoms with Gasteiger partial charge < -0.3 is 0 Å². The van der Waals surface area contributed by atoms with E-state index in [0.717, 1.165) is 11.2 Å². The van der Waals surface area contributed by atoms with Gasteiger partial charge in [-0.05, 0) is 16.5 Å². The van der Waals surface area contributed by atoms with E-state index in [1.54, 1.807) is 6.20 Å². The first-order chi connectivity index (χ1) is 6.09. The van der Waals surface area contributed by atoms with Crippen molar-refractivity contribution in [1.82, 2.24) is 25.3 Å². The Morgan fingerprint density at radius 2 is 2.00 bits per heavy atom. The van der Waals surface area contributed by atoms with Crippen LogP contribution in [0.25, 0.3) is 5.52 Å². The highest BCUT2D eigenvalue weighted by Gasteiger charge is 2.20. The largest absolute Gasteiger partial charge is 0.139 e. The fraction of sp³-hybridized carbons (Fsp3) is 0.500. The molecule has 0 radical (unpaired) electrons. The summed E-state index contributed by atoms with van der Waals surface area (Å²) in [5.74, 6) is 0. The molecule has 2 heterocycles. The number of hydrogen-bond acceptors (Lipinski definition) is 4. The molecule has 0 atom stereocenters. The third kappa shape index (κ3) is 1.26. The molecule has 5 heteroatoms. The Kier molecular flexibility index (Phi) is 1.55. The normalized spacial score (nSPS) is 12.2. The van der Waals surface area contributed by atoms with Crippen LogP contribution in [0, 0.1) is 0 Å². The molecule has 0 bridgehead atoms. The first-order valence-electron chi connectivity index (χ1n) is 4.13. The van der Waals surface area contributed by atoms with E-state index in [9.17, 15) is 0 Å². The van der Waals surface area contributed by atoms with E-state index in [0.29, 0.717) is 0 Å². The lowest BCUT2D eigenvalue weighted by Gasteiger charge is -2.13. The minimum Gasteiger partial charge on any atom is -0.139 e. The minimum atomic E-state index is -0.00914. The molecular weight excluding hydrogens is 166 g/mol. The molecule has 0 aromatic carbocycles. The highest BCUT2D eigenvalue weighted by Crippen LogP contribution is 2.22. The number of aromatic nitrogens is 5. The number of hydrogen-bond donors (Lipinski definition) is 0. The molecule has 0 amide bonds. The lowest BCUT2D eigenvalue weighted by molar-refractivity contribution is 0.570. The second-order valence-corrected chi connectivity index (χ2v) is 3.98. The molecule has 0 aliphatic carbocycles. The lowest BCUT2D eigenvalue weighted by Crippen LogP contribution is -2.12. The Labute approximate surface area is 75.8 Å². The zero-order valence-corrected chi connectivity index (χ0v) is 7.89. The summed E-state index contributed by atoms with van der Waals surface area (Å²) in [7, 11) is 0. The van der Waals surface area contributed by atoms with Crippen molar-refractivity contribution in [3.05, 3.63) is 18.0 Å². The molecule has 2 aromatic rings. The molecule has 0 aliphatic rings. The summed E-state index contributed by atoms with van der Waals surface area (Å²) in [6, 6.07) is 1.87. The van der Waals surface area contributed by atoms with E-state index in [-0.39, 0.29) is 5.41 Å². The molecule has 0 saturated heterocycles. The van der Waals surface area contributed by atoms with Crippen LogP contribution >= 0.6 is 0 Å². The summed E-state index contributed by atoms with van der Waals surface area (Å²) in [5, 5.41) is 15.5. The second-order valence-electron chi connectivity index (χ2n) is 3.98. The molecular formula is C8H11N5. The standard InChI is InChI=1S/C8H11N5/c1-8(2,3)7-6-4-5-9-11-13(6)12-10-7/h4-5H,1-3H3. The van der Waals surface area contributed by atoms with Crippen molar-refractivity contribution in [2.24, 2.45) is 0 Å². The second kappa shape index (κ2) is 2.48.